The average Bonchev–Trinajstić information content (AvgIpc) is 2.81. The Hall–Kier alpha value is -1.42. The highest BCUT2D eigenvalue weighted by molar-refractivity contribution is 7.91. The minimum atomic E-state index is -3.22. The van der Waals surface area contributed by atoms with Crippen LogP contribution in [0.1, 0.15) is 25.7 Å². The molecule has 0 aliphatic heterocycles. The second-order valence-electron chi connectivity index (χ2n) is 5.72. The SMILES string of the molecule is O=C1C=C2CCC(CS(=O)(=O)c3ccccc3)C2CC1. The van der Waals surface area contributed by atoms with Gasteiger partial charge in [-0.15, -0.1) is 0 Å². The predicted molar refractivity (Wildman–Crippen MR) is 77.0 cm³/mol. The molecule has 0 heterocycles. The van der Waals surface area contributed by atoms with Gasteiger partial charge in [0.1, 0.15) is 0 Å². The van der Waals surface area contributed by atoms with Crippen molar-refractivity contribution in [3.63, 3.8) is 0 Å². The summed E-state index contributed by atoms with van der Waals surface area (Å²) in [6.45, 7) is 0. The van der Waals surface area contributed by atoms with Crippen LogP contribution in [0.2, 0.25) is 0 Å². The van der Waals surface area contributed by atoms with Crippen LogP contribution in [0.25, 0.3) is 0 Å². The van der Waals surface area contributed by atoms with Crippen molar-refractivity contribution in [2.24, 2.45) is 11.8 Å². The lowest BCUT2D eigenvalue weighted by Crippen LogP contribution is -2.23. The number of benzene rings is 1. The molecule has 0 N–H and O–H groups in total. The number of carbonyl (C=O) groups is 1. The van der Waals surface area contributed by atoms with Crippen LogP contribution >= 0.6 is 0 Å². The maximum Gasteiger partial charge on any atom is 0.178 e. The first kappa shape index (κ1) is 13.6. The topological polar surface area (TPSA) is 51.2 Å². The van der Waals surface area contributed by atoms with E-state index in [0.29, 0.717) is 17.2 Å². The first-order chi connectivity index (χ1) is 9.56. The lowest BCUT2D eigenvalue weighted by Gasteiger charge is -2.23. The Labute approximate surface area is 119 Å². The molecule has 2 atom stereocenters. The number of sulfone groups is 1. The van der Waals surface area contributed by atoms with E-state index in [1.54, 1.807) is 30.3 Å². The number of allylic oxidation sites excluding steroid dienone is 2. The Morgan fingerprint density at radius 2 is 1.80 bits per heavy atom. The smallest absolute Gasteiger partial charge is 0.178 e. The number of fused-ring (bicyclic) bond motifs is 1. The highest BCUT2D eigenvalue weighted by Gasteiger charge is 2.37. The van der Waals surface area contributed by atoms with Gasteiger partial charge in [0.15, 0.2) is 15.6 Å². The van der Waals surface area contributed by atoms with Crippen LogP contribution in [0.4, 0.5) is 0 Å². The molecular formula is C16H18O3S. The molecule has 2 unspecified atom stereocenters. The standard InChI is InChI=1S/C16H18O3S/c17-14-8-9-16-12(10-14)6-7-13(16)11-20(18,19)15-4-2-1-3-5-15/h1-5,10,13,16H,6-9,11H2. The molecule has 3 rings (SSSR count). The monoisotopic (exact) mass is 290 g/mol. The summed E-state index contributed by atoms with van der Waals surface area (Å²) in [4.78, 5) is 11.8. The molecule has 0 aromatic heterocycles. The van der Waals surface area contributed by atoms with Gasteiger partial charge in [0.2, 0.25) is 0 Å². The van der Waals surface area contributed by atoms with Gasteiger partial charge in [0, 0.05) is 6.42 Å². The molecule has 1 aromatic rings. The summed E-state index contributed by atoms with van der Waals surface area (Å²) in [5.74, 6) is 0.862. The zero-order chi connectivity index (χ0) is 14.2. The Kier molecular flexibility index (Phi) is 3.50. The Morgan fingerprint density at radius 3 is 2.55 bits per heavy atom. The number of hydrogen-bond donors (Lipinski definition) is 0. The number of rotatable bonds is 3. The summed E-state index contributed by atoms with van der Waals surface area (Å²) in [5.41, 5.74) is 1.18. The highest BCUT2D eigenvalue weighted by Crippen LogP contribution is 2.42. The second-order valence-corrected chi connectivity index (χ2v) is 7.76. The highest BCUT2D eigenvalue weighted by atomic mass is 32.2. The van der Waals surface area contributed by atoms with Gasteiger partial charge in [-0.1, -0.05) is 23.8 Å². The van der Waals surface area contributed by atoms with E-state index in [4.69, 9.17) is 0 Å². The molecule has 0 saturated heterocycles. The van der Waals surface area contributed by atoms with Gasteiger partial charge in [-0.3, -0.25) is 4.79 Å². The van der Waals surface area contributed by atoms with Crippen molar-refractivity contribution in [2.45, 2.75) is 30.6 Å². The quantitative estimate of drug-likeness (QED) is 0.860. The molecule has 1 aromatic carbocycles. The van der Waals surface area contributed by atoms with E-state index in [2.05, 4.69) is 0 Å². The zero-order valence-electron chi connectivity index (χ0n) is 11.3. The summed E-state index contributed by atoms with van der Waals surface area (Å²) in [5, 5.41) is 0. The summed E-state index contributed by atoms with van der Waals surface area (Å²) < 4.78 is 24.9. The van der Waals surface area contributed by atoms with Gasteiger partial charge < -0.3 is 0 Å². The van der Waals surface area contributed by atoms with Crippen LogP contribution in [0.15, 0.2) is 46.9 Å². The van der Waals surface area contributed by atoms with Crippen molar-refractivity contribution in [1.82, 2.24) is 0 Å². The molecule has 2 aliphatic carbocycles. The van der Waals surface area contributed by atoms with Gasteiger partial charge in [0.25, 0.3) is 0 Å². The van der Waals surface area contributed by atoms with Crippen LogP contribution < -0.4 is 0 Å². The van der Waals surface area contributed by atoms with Crippen molar-refractivity contribution in [3.8, 4) is 0 Å². The zero-order valence-corrected chi connectivity index (χ0v) is 12.1. The summed E-state index contributed by atoms with van der Waals surface area (Å²) >= 11 is 0. The molecule has 4 heteroatoms. The Morgan fingerprint density at radius 1 is 1.05 bits per heavy atom. The van der Waals surface area contributed by atoms with E-state index in [9.17, 15) is 13.2 Å². The predicted octanol–water partition coefficient (Wildman–Crippen LogP) is 2.78. The van der Waals surface area contributed by atoms with E-state index >= 15 is 0 Å². The molecular weight excluding hydrogens is 272 g/mol. The van der Waals surface area contributed by atoms with E-state index in [1.165, 1.54) is 5.57 Å². The molecule has 0 spiro atoms. The number of hydrogen-bond acceptors (Lipinski definition) is 3. The van der Waals surface area contributed by atoms with Gasteiger partial charge >= 0.3 is 0 Å². The molecule has 0 amide bonds. The molecule has 106 valence electrons. The number of carbonyl (C=O) groups excluding carboxylic acids is 1. The van der Waals surface area contributed by atoms with Gasteiger partial charge in [0.05, 0.1) is 10.6 Å². The van der Waals surface area contributed by atoms with E-state index in [0.717, 1.165) is 19.3 Å². The van der Waals surface area contributed by atoms with Crippen LogP contribution in [-0.2, 0) is 14.6 Å². The average molecular weight is 290 g/mol. The third-order valence-corrected chi connectivity index (χ3v) is 6.29. The lowest BCUT2D eigenvalue weighted by atomic mass is 9.85. The normalized spacial score (nSPS) is 26.2. The first-order valence-electron chi connectivity index (χ1n) is 7.07. The Balaban J connectivity index is 1.79. The molecule has 1 fully saturated rings. The van der Waals surface area contributed by atoms with Crippen molar-refractivity contribution >= 4 is 15.6 Å². The van der Waals surface area contributed by atoms with Crippen molar-refractivity contribution < 1.29 is 13.2 Å². The van der Waals surface area contributed by atoms with Crippen molar-refractivity contribution in [1.29, 1.82) is 0 Å². The lowest BCUT2D eigenvalue weighted by molar-refractivity contribution is -0.115. The molecule has 0 bridgehead atoms. The molecule has 1 saturated carbocycles. The maximum absolute atomic E-state index is 12.4. The van der Waals surface area contributed by atoms with Crippen LogP contribution in [-0.4, -0.2) is 20.0 Å². The van der Waals surface area contributed by atoms with Crippen LogP contribution in [0, 0.1) is 11.8 Å². The van der Waals surface area contributed by atoms with Gasteiger partial charge in [-0.25, -0.2) is 8.42 Å². The van der Waals surface area contributed by atoms with E-state index < -0.39 is 9.84 Å². The third kappa shape index (κ3) is 2.57. The molecule has 20 heavy (non-hydrogen) atoms. The Bertz CT molecular complexity index is 644. The van der Waals surface area contributed by atoms with E-state index in [-0.39, 0.29) is 17.5 Å². The van der Waals surface area contributed by atoms with E-state index in [1.807, 2.05) is 6.07 Å². The number of ketones is 1. The minimum absolute atomic E-state index is 0.166. The molecule has 3 nitrogen and oxygen atoms in total. The van der Waals surface area contributed by atoms with Gasteiger partial charge in [-0.05, 0) is 49.3 Å². The van der Waals surface area contributed by atoms with Crippen molar-refractivity contribution in [3.05, 3.63) is 42.0 Å². The minimum Gasteiger partial charge on any atom is -0.295 e. The third-order valence-electron chi connectivity index (χ3n) is 4.43. The van der Waals surface area contributed by atoms with Gasteiger partial charge in [-0.2, -0.15) is 0 Å². The summed E-state index contributed by atoms with van der Waals surface area (Å²) in [6, 6.07) is 8.65. The maximum atomic E-state index is 12.4. The fraction of sp³-hybridized carbons (Fsp3) is 0.438. The molecule has 2 aliphatic rings. The van der Waals surface area contributed by atoms with Crippen LogP contribution in [0.3, 0.4) is 0 Å². The largest absolute Gasteiger partial charge is 0.295 e. The summed E-state index contributed by atoms with van der Waals surface area (Å²) in [6.07, 6.45) is 4.90. The first-order valence-corrected chi connectivity index (χ1v) is 8.72. The summed E-state index contributed by atoms with van der Waals surface area (Å²) in [7, 11) is -3.22. The van der Waals surface area contributed by atoms with Crippen molar-refractivity contribution in [2.75, 3.05) is 5.75 Å². The fourth-order valence-electron chi connectivity index (χ4n) is 3.42. The fourth-order valence-corrected chi connectivity index (χ4v) is 5.15. The molecule has 0 radical (unpaired) electrons. The van der Waals surface area contributed by atoms with Crippen LogP contribution in [0.5, 0.6) is 0 Å². The second kappa shape index (κ2) is 5.17.